The summed E-state index contributed by atoms with van der Waals surface area (Å²) in [6.45, 7) is 12.3. The van der Waals surface area contributed by atoms with Gasteiger partial charge in [-0.2, -0.15) is 41.4 Å². The number of rotatable bonds is 30. The molecule has 8 bridgehead atoms. The van der Waals surface area contributed by atoms with E-state index in [2.05, 4.69) is 26.4 Å². The van der Waals surface area contributed by atoms with E-state index < -0.39 is 55.1 Å². The van der Waals surface area contributed by atoms with Gasteiger partial charge in [-0.25, -0.2) is 27.6 Å². The summed E-state index contributed by atoms with van der Waals surface area (Å²) in [6.07, 6.45) is 9.29. The van der Waals surface area contributed by atoms with Crippen molar-refractivity contribution in [3.05, 3.63) is 106 Å². The first kappa shape index (κ1) is 76.6. The molecule has 4 atom stereocenters. The molecular formula is C49H64B2N15NaO23S7. The fraction of sp³-hybridized carbons (Fsp3) is 0.551. The molecule has 0 aliphatic carbocycles. The van der Waals surface area contributed by atoms with Crippen LogP contribution in [0.1, 0.15) is 92.1 Å². The van der Waals surface area contributed by atoms with Gasteiger partial charge in [-0.15, -0.1) is 17.4 Å². The molecule has 2 radical (unpaired) electrons. The van der Waals surface area contributed by atoms with Gasteiger partial charge in [-0.3, -0.25) is 48.4 Å². The van der Waals surface area contributed by atoms with E-state index >= 15 is 0 Å². The molecule has 12 rings (SSSR count). The Morgan fingerprint density at radius 3 is 1.18 bits per heavy atom. The van der Waals surface area contributed by atoms with Crippen LogP contribution in [0.2, 0.25) is 12.6 Å². The minimum atomic E-state index is -5.10. The zero-order valence-corrected chi connectivity index (χ0v) is 59.7. The molecule has 4 aromatic rings. The molecule has 522 valence electrons. The number of nitrogens with one attached hydrogen (secondary N) is 2. The van der Waals surface area contributed by atoms with Gasteiger partial charge in [0.2, 0.25) is 10.4 Å². The second-order valence-corrected chi connectivity index (χ2v) is 29.2. The second-order valence-electron chi connectivity index (χ2n) is 21.6. The van der Waals surface area contributed by atoms with E-state index in [4.69, 9.17) is 39.6 Å². The Bertz CT molecular complexity index is 4230. The number of carbonyl (C=O) groups excluding carboxylic acids is 4. The van der Waals surface area contributed by atoms with E-state index in [1.54, 1.807) is 43.1 Å². The molecule has 8 aliphatic heterocycles. The molecule has 12 heterocycles. The van der Waals surface area contributed by atoms with Crippen LogP contribution in [0.25, 0.3) is 0 Å². The van der Waals surface area contributed by atoms with E-state index in [0.29, 0.717) is 122 Å². The van der Waals surface area contributed by atoms with Crippen LogP contribution < -0.4 is 54.8 Å². The number of nitrogens with zero attached hydrogens (tertiary/aromatic N) is 12. The van der Waals surface area contributed by atoms with Crippen molar-refractivity contribution in [1.29, 1.82) is 10.8 Å². The Balaban J connectivity index is 0.000000165. The van der Waals surface area contributed by atoms with Crippen molar-refractivity contribution >= 4 is 128 Å². The molecule has 4 saturated heterocycles. The second kappa shape index (κ2) is 32.9. The van der Waals surface area contributed by atoms with Crippen molar-refractivity contribution in [2.75, 3.05) is 58.8 Å². The third-order valence-electron chi connectivity index (χ3n) is 15.4. The van der Waals surface area contributed by atoms with Gasteiger partial charge in [-0.05, 0) is 44.9 Å². The average molecular weight is 1500 g/mol. The first-order chi connectivity index (χ1) is 45.6. The molecule has 8 aliphatic rings. The number of fused-ring (bicyclic) bond motifs is 16. The molecule has 4 unspecified atom stereocenters. The van der Waals surface area contributed by atoms with E-state index in [1.807, 2.05) is 0 Å². The fourth-order valence-corrected chi connectivity index (χ4v) is 17.0. The molecule has 48 heteroatoms. The molecule has 8 amide bonds. The summed E-state index contributed by atoms with van der Waals surface area (Å²) in [4.78, 5) is 117. The van der Waals surface area contributed by atoms with Gasteiger partial charge in [0, 0.05) is 26.2 Å². The summed E-state index contributed by atoms with van der Waals surface area (Å²) in [7, 11) is -10.4. The van der Waals surface area contributed by atoms with E-state index in [-0.39, 0.29) is 119 Å². The summed E-state index contributed by atoms with van der Waals surface area (Å²) in [5.41, 5.74) is 8.40. The predicted octanol–water partition coefficient (Wildman–Crippen LogP) is -2.01. The number of carbonyl (C=O) groups is 4. The third kappa shape index (κ3) is 17.7. The van der Waals surface area contributed by atoms with Crippen LogP contribution in [0, 0.1) is 10.8 Å². The Morgan fingerprint density at radius 2 is 0.866 bits per heavy atom. The number of thiazole rings is 4. The minimum absolute atomic E-state index is 0. The van der Waals surface area contributed by atoms with Gasteiger partial charge in [0.1, 0.15) is 37.0 Å². The van der Waals surface area contributed by atoms with Crippen molar-refractivity contribution in [3.8, 4) is 0 Å². The Morgan fingerprint density at radius 1 is 0.546 bits per heavy atom. The number of hydrogen-bond donors (Lipinski definition) is 4. The maximum Gasteiger partial charge on any atom is 1.00 e. The average Bonchev–Trinajstić information content (AvgIpc) is 1.62. The first-order valence-corrected chi connectivity index (χ1v) is 36.9. The monoisotopic (exact) mass is 1500 g/mol. The van der Waals surface area contributed by atoms with Gasteiger partial charge in [-0.1, -0.05) is 57.5 Å². The molecule has 0 saturated carbocycles. The largest absolute Gasteiger partial charge is 1.00 e. The summed E-state index contributed by atoms with van der Waals surface area (Å²) < 4.78 is 114. The summed E-state index contributed by atoms with van der Waals surface area (Å²) in [5.74, 6) is 0. The van der Waals surface area contributed by atoms with Gasteiger partial charge < -0.3 is 57.5 Å². The molecule has 4 aromatic heterocycles. The Labute approximate surface area is 593 Å². The number of hydroxylamine groups is 8. The Kier molecular flexibility index (Phi) is 26.0. The van der Waals surface area contributed by atoms with Crippen LogP contribution in [0.3, 0.4) is 0 Å². The Hall–Kier alpha value is -6.12. The van der Waals surface area contributed by atoms with Crippen LogP contribution in [0.5, 0.6) is 0 Å². The first-order valence-electron chi connectivity index (χ1n) is 29.1. The van der Waals surface area contributed by atoms with Crippen molar-refractivity contribution < 1.29 is 115 Å². The zero-order chi connectivity index (χ0) is 69.6. The number of hydrogen-bond acceptors (Lipinski definition) is 29. The molecule has 0 spiro atoms. The smallest absolute Gasteiger partial charge is 0.724 e. The zero-order valence-electron chi connectivity index (χ0n) is 52.0. The molecule has 0 aromatic carbocycles. The van der Waals surface area contributed by atoms with Crippen LogP contribution in [-0.4, -0.2) is 203 Å². The fourth-order valence-electron chi connectivity index (χ4n) is 11.5. The van der Waals surface area contributed by atoms with Gasteiger partial charge in [0.25, 0.3) is 10.1 Å². The predicted molar refractivity (Wildman–Crippen MR) is 341 cm³/mol. The van der Waals surface area contributed by atoms with E-state index in [1.165, 1.54) is 43.3 Å². The topological polar surface area (TPSA) is 466 Å². The third-order valence-corrected chi connectivity index (χ3v) is 21.2. The van der Waals surface area contributed by atoms with Crippen molar-refractivity contribution in [1.82, 2.24) is 58.1 Å². The molecule has 97 heavy (non-hydrogen) atoms. The van der Waals surface area contributed by atoms with E-state index in [0.717, 1.165) is 80.6 Å². The van der Waals surface area contributed by atoms with Crippen LogP contribution in [-0.2, 0) is 115 Å². The minimum Gasteiger partial charge on any atom is -0.724 e. The van der Waals surface area contributed by atoms with Gasteiger partial charge >= 0.3 is 98.5 Å². The maximum absolute atomic E-state index is 12.4. The number of urea groups is 4. The molecule has 38 nitrogen and oxygen atoms in total. The quantitative estimate of drug-likeness (QED) is 0.00640. The van der Waals surface area contributed by atoms with Crippen LogP contribution in [0.4, 0.5) is 19.2 Å². The van der Waals surface area contributed by atoms with Crippen molar-refractivity contribution in [2.45, 2.75) is 115 Å². The summed E-state index contributed by atoms with van der Waals surface area (Å²) in [6, 6.07) is -3.84. The number of nitrogens with two attached hydrogens (primary N) is 1. The molecular weight excluding hydrogens is 1440 g/mol. The van der Waals surface area contributed by atoms with Crippen LogP contribution in [0.15, 0.2) is 44.5 Å². The summed E-state index contributed by atoms with van der Waals surface area (Å²) in [5, 5.41) is 17.3. The molecule has 4 fully saturated rings. The van der Waals surface area contributed by atoms with Crippen molar-refractivity contribution in [2.24, 2.45) is 5.73 Å². The molecule has 5 N–H and O–H groups in total. The van der Waals surface area contributed by atoms with E-state index in [9.17, 15) is 68.2 Å². The normalized spacial score (nSPS) is 19.2. The number of aromatic nitrogens is 4. The van der Waals surface area contributed by atoms with Gasteiger partial charge in [0.05, 0.1) is 121 Å². The standard InChI is InChI=1S/C14H18BN4O4S.C14H19N3O6S2.C11H14BN4O7S2.C10H14N4O6S2.Na/c1-2-6-23-19-11-8-17(13(19)20)7-10-12(11)24-14(21)18(10)5-3-4-15-22-9-16;1-3-6-22-17-11-9-15(13(17)18)8-10-12(11)24-14(19)16(10)5-4-7-23-25(2,20)21;13-6-22-12-2-1-3-15-7-4-14-5-8(9(7)24-11(15)18)16(10(14)17)23-25(19,20)21;11-2-1-3-13-6-4-12-5-7(8(6)21-10(13)16)14(9(12)15)20-22(17,18)19;/h2,9,11,16H,1,3-8H2;3,11H,1,4-9H2,2H3;6,8,13H,1-5H2,(H,19,20,21);7H,1-5,11H2,(H,17,18,19);/q;;;;+1/p-1. The number of amides is 8. The van der Waals surface area contributed by atoms with Crippen LogP contribution >= 0.6 is 45.3 Å². The summed E-state index contributed by atoms with van der Waals surface area (Å²) >= 11 is 4.14. The van der Waals surface area contributed by atoms with Crippen molar-refractivity contribution in [3.63, 3.8) is 0 Å². The van der Waals surface area contributed by atoms with Gasteiger partial charge in [0.15, 0.2) is 0 Å². The SMILES string of the molecule is C=CCON1C(=O)N2Cc3c(sc(=O)n3CCCOS(C)(=O)=O)C1C2.C=CCON1C(=O)N2Cc3c(sc(=O)n3CCC[B]OC=N)C1C2.N=CO[B]CCCn1c2c(sc1=O)C1CN(C2)C(=O)N1OS(=O)(=O)[O-].NCCCn1c2c(sc1=O)C1CN(C2)C(=O)N1OS(=O)(=O)O.[Na+]. The maximum atomic E-state index is 12.4.